The van der Waals surface area contributed by atoms with E-state index in [0.717, 1.165) is 31.4 Å². The monoisotopic (exact) mass is 328 g/mol. The van der Waals surface area contributed by atoms with Gasteiger partial charge in [-0.05, 0) is 86.5 Å². The molecule has 24 heavy (non-hydrogen) atoms. The molecule has 0 unspecified atom stereocenters. The van der Waals surface area contributed by atoms with Gasteiger partial charge in [0.05, 0.1) is 7.11 Å². The van der Waals surface area contributed by atoms with Crippen LogP contribution in [0.3, 0.4) is 0 Å². The van der Waals surface area contributed by atoms with Crippen LogP contribution in [0.5, 0.6) is 5.75 Å². The minimum Gasteiger partial charge on any atom is -0.497 e. The van der Waals surface area contributed by atoms with Crippen molar-refractivity contribution < 1.29 is 14.6 Å². The Balaban J connectivity index is 1.69. The van der Waals surface area contributed by atoms with E-state index in [1.165, 1.54) is 17.5 Å². The Kier molecular flexibility index (Phi) is 3.58. The standard InChI is InChI=1S/C21H28O3/c1-13(22)21(23)11-9-19-18-6-4-14-12-15(24-3)5-7-16(14)17(18)8-10-20(19,21)2/h5,7,12,17-19,23H,4,6,8-11H2,1-3H3/t17-,18-,19+,20+,21+/m1/s1. The molecule has 3 aliphatic carbocycles. The normalized spacial score (nSPS) is 40.4. The first-order valence-electron chi connectivity index (χ1n) is 9.31. The first kappa shape index (κ1) is 16.1. The average molecular weight is 328 g/mol. The highest BCUT2D eigenvalue weighted by molar-refractivity contribution is 5.86. The summed E-state index contributed by atoms with van der Waals surface area (Å²) in [7, 11) is 1.72. The number of ether oxygens (including phenoxy) is 1. The van der Waals surface area contributed by atoms with Crippen LogP contribution in [-0.4, -0.2) is 23.6 Å². The summed E-state index contributed by atoms with van der Waals surface area (Å²) in [6.07, 6.45) is 5.90. The smallest absolute Gasteiger partial charge is 0.161 e. The number of aliphatic hydroxyl groups is 1. The molecule has 5 atom stereocenters. The van der Waals surface area contributed by atoms with Crippen LogP contribution in [0.15, 0.2) is 18.2 Å². The lowest BCUT2D eigenvalue weighted by molar-refractivity contribution is -0.154. The van der Waals surface area contributed by atoms with Crippen LogP contribution < -0.4 is 4.74 Å². The van der Waals surface area contributed by atoms with Crippen molar-refractivity contribution in [2.45, 2.75) is 63.9 Å². The Morgan fingerprint density at radius 2 is 2.04 bits per heavy atom. The highest BCUT2D eigenvalue weighted by Gasteiger charge is 2.63. The third kappa shape index (κ3) is 1.97. The third-order valence-corrected chi connectivity index (χ3v) is 7.67. The maximum atomic E-state index is 12.2. The summed E-state index contributed by atoms with van der Waals surface area (Å²) in [5.74, 6) is 2.54. The van der Waals surface area contributed by atoms with Gasteiger partial charge in [-0.1, -0.05) is 13.0 Å². The van der Waals surface area contributed by atoms with E-state index >= 15 is 0 Å². The molecule has 0 saturated heterocycles. The van der Waals surface area contributed by atoms with E-state index in [0.29, 0.717) is 24.2 Å². The zero-order chi connectivity index (χ0) is 17.1. The van der Waals surface area contributed by atoms with E-state index in [1.807, 2.05) is 0 Å². The topological polar surface area (TPSA) is 46.5 Å². The molecule has 0 amide bonds. The quantitative estimate of drug-likeness (QED) is 0.896. The molecular weight excluding hydrogens is 300 g/mol. The number of methoxy groups -OCH3 is 1. The number of carbonyl (C=O) groups excluding carboxylic acids is 1. The molecule has 3 aliphatic rings. The van der Waals surface area contributed by atoms with Gasteiger partial charge in [-0.3, -0.25) is 4.79 Å². The highest BCUT2D eigenvalue weighted by Crippen LogP contribution is 2.64. The fraction of sp³-hybridized carbons (Fsp3) is 0.667. The van der Waals surface area contributed by atoms with Gasteiger partial charge in [0.15, 0.2) is 5.78 Å². The number of hydrogen-bond donors (Lipinski definition) is 1. The Hall–Kier alpha value is -1.35. The summed E-state index contributed by atoms with van der Waals surface area (Å²) in [4.78, 5) is 12.2. The number of ketones is 1. The molecule has 0 radical (unpaired) electrons. The number of hydrogen-bond acceptors (Lipinski definition) is 3. The number of fused-ring (bicyclic) bond motifs is 5. The Labute approximate surface area is 144 Å². The lowest BCUT2D eigenvalue weighted by Crippen LogP contribution is -2.54. The van der Waals surface area contributed by atoms with Crippen molar-refractivity contribution >= 4 is 5.78 Å². The molecule has 4 rings (SSSR count). The molecule has 0 spiro atoms. The zero-order valence-corrected chi connectivity index (χ0v) is 15.0. The van der Waals surface area contributed by atoms with Crippen molar-refractivity contribution in [3.63, 3.8) is 0 Å². The van der Waals surface area contributed by atoms with Crippen molar-refractivity contribution in [3.8, 4) is 5.75 Å². The van der Waals surface area contributed by atoms with Gasteiger partial charge in [-0.2, -0.15) is 0 Å². The van der Waals surface area contributed by atoms with Gasteiger partial charge in [-0.15, -0.1) is 0 Å². The predicted octanol–water partition coefficient (Wildman–Crippen LogP) is 3.87. The molecule has 3 heteroatoms. The van der Waals surface area contributed by atoms with Gasteiger partial charge in [0.25, 0.3) is 0 Å². The summed E-state index contributed by atoms with van der Waals surface area (Å²) >= 11 is 0. The fourth-order valence-electron chi connectivity index (χ4n) is 6.28. The Morgan fingerprint density at radius 3 is 2.75 bits per heavy atom. The lowest BCUT2D eigenvalue weighted by Gasteiger charge is -2.52. The van der Waals surface area contributed by atoms with E-state index in [1.54, 1.807) is 14.0 Å². The van der Waals surface area contributed by atoms with E-state index in [-0.39, 0.29) is 11.2 Å². The molecule has 2 fully saturated rings. The number of carbonyl (C=O) groups is 1. The molecule has 0 bridgehead atoms. The minimum absolute atomic E-state index is 0.0353. The van der Waals surface area contributed by atoms with Gasteiger partial charge in [0, 0.05) is 5.41 Å². The summed E-state index contributed by atoms with van der Waals surface area (Å²) in [5.41, 5.74) is 1.55. The Bertz CT molecular complexity index is 682. The third-order valence-electron chi connectivity index (χ3n) is 7.67. The first-order chi connectivity index (χ1) is 11.4. The van der Waals surface area contributed by atoms with Crippen molar-refractivity contribution in [2.75, 3.05) is 7.11 Å². The number of rotatable bonds is 2. The molecule has 0 aromatic heterocycles. The molecule has 1 N–H and O–H groups in total. The molecule has 1 aromatic carbocycles. The molecule has 3 nitrogen and oxygen atoms in total. The zero-order valence-electron chi connectivity index (χ0n) is 15.0. The predicted molar refractivity (Wildman–Crippen MR) is 93.2 cm³/mol. The number of Topliss-reactive ketones (excluding diaryl/α,β-unsaturated/α-hetero) is 1. The van der Waals surface area contributed by atoms with Crippen LogP contribution in [0.2, 0.25) is 0 Å². The molecular formula is C21H28O3. The molecule has 130 valence electrons. The second-order valence-corrected chi connectivity index (χ2v) is 8.39. The maximum absolute atomic E-state index is 12.2. The SMILES string of the molecule is COc1ccc2c(c1)CC[C@@H]1[C@@H]2CC[C@@]2(C)[C@H]1CC[C@]2(O)C(C)=O. The van der Waals surface area contributed by atoms with Crippen molar-refractivity contribution in [1.29, 1.82) is 0 Å². The second kappa shape index (κ2) is 5.32. The van der Waals surface area contributed by atoms with E-state index in [4.69, 9.17) is 4.74 Å². The van der Waals surface area contributed by atoms with Crippen LogP contribution in [0.25, 0.3) is 0 Å². The summed E-state index contributed by atoms with van der Waals surface area (Å²) in [5, 5.41) is 11.1. The van der Waals surface area contributed by atoms with Crippen LogP contribution in [-0.2, 0) is 11.2 Å². The second-order valence-electron chi connectivity index (χ2n) is 8.39. The van der Waals surface area contributed by atoms with Gasteiger partial charge in [-0.25, -0.2) is 0 Å². The van der Waals surface area contributed by atoms with Gasteiger partial charge >= 0.3 is 0 Å². The van der Waals surface area contributed by atoms with Crippen LogP contribution in [0, 0.1) is 17.3 Å². The van der Waals surface area contributed by atoms with E-state index < -0.39 is 5.60 Å². The molecule has 2 saturated carbocycles. The van der Waals surface area contributed by atoms with Crippen molar-refractivity contribution in [3.05, 3.63) is 29.3 Å². The van der Waals surface area contributed by atoms with Crippen LogP contribution in [0.1, 0.15) is 63.0 Å². The Morgan fingerprint density at radius 1 is 1.25 bits per heavy atom. The summed E-state index contributed by atoms with van der Waals surface area (Å²) in [6.45, 7) is 3.74. The highest BCUT2D eigenvalue weighted by atomic mass is 16.5. The molecule has 0 aliphatic heterocycles. The minimum atomic E-state index is -1.11. The maximum Gasteiger partial charge on any atom is 0.161 e. The number of benzene rings is 1. The fourth-order valence-corrected chi connectivity index (χ4v) is 6.28. The van der Waals surface area contributed by atoms with Crippen LogP contribution in [0.4, 0.5) is 0 Å². The summed E-state index contributed by atoms with van der Waals surface area (Å²) in [6, 6.07) is 6.52. The van der Waals surface area contributed by atoms with Gasteiger partial charge in [0.1, 0.15) is 11.4 Å². The largest absolute Gasteiger partial charge is 0.497 e. The van der Waals surface area contributed by atoms with Gasteiger partial charge in [0.2, 0.25) is 0 Å². The van der Waals surface area contributed by atoms with Gasteiger partial charge < -0.3 is 9.84 Å². The first-order valence-corrected chi connectivity index (χ1v) is 9.31. The molecule has 1 aromatic rings. The van der Waals surface area contributed by atoms with E-state index in [2.05, 4.69) is 25.1 Å². The summed E-state index contributed by atoms with van der Waals surface area (Å²) < 4.78 is 5.38. The van der Waals surface area contributed by atoms with Crippen molar-refractivity contribution in [1.82, 2.24) is 0 Å². The molecule has 0 heterocycles. The average Bonchev–Trinajstić information content (AvgIpc) is 2.87. The lowest BCUT2D eigenvalue weighted by atomic mass is 9.53. The van der Waals surface area contributed by atoms with Crippen LogP contribution >= 0.6 is 0 Å². The number of aryl methyl sites for hydroxylation is 1. The van der Waals surface area contributed by atoms with E-state index in [9.17, 15) is 9.90 Å². The van der Waals surface area contributed by atoms with Crippen molar-refractivity contribution in [2.24, 2.45) is 17.3 Å².